The Hall–Kier alpha value is -1.55. The van der Waals surface area contributed by atoms with Gasteiger partial charge in [0.2, 0.25) is 0 Å². The van der Waals surface area contributed by atoms with E-state index < -0.39 is 0 Å². The standard InChI is InChI=1S/C12H15ClN4/c1-2-6-17-9-15-16-12(17)8-14-11-5-3-4-10(13)7-11/h3-5,7,9,14H,2,6,8H2,1H3. The first-order chi connectivity index (χ1) is 8.29. The molecule has 2 aromatic rings. The van der Waals surface area contributed by atoms with Gasteiger partial charge in [-0.1, -0.05) is 24.6 Å². The third-order valence-electron chi connectivity index (χ3n) is 2.44. The van der Waals surface area contributed by atoms with Crippen LogP contribution < -0.4 is 5.32 Å². The first kappa shape index (κ1) is 11.9. The smallest absolute Gasteiger partial charge is 0.152 e. The second-order valence-corrected chi connectivity index (χ2v) is 4.24. The Balaban J connectivity index is 1.99. The molecule has 1 N–H and O–H groups in total. The molecule has 0 fully saturated rings. The predicted molar refractivity (Wildman–Crippen MR) is 69.1 cm³/mol. The number of anilines is 1. The lowest BCUT2D eigenvalue weighted by molar-refractivity contribution is 0.644. The van der Waals surface area contributed by atoms with Gasteiger partial charge in [0.1, 0.15) is 6.33 Å². The molecular weight excluding hydrogens is 236 g/mol. The zero-order chi connectivity index (χ0) is 12.1. The summed E-state index contributed by atoms with van der Waals surface area (Å²) in [5.41, 5.74) is 0.989. The number of benzene rings is 1. The molecule has 0 radical (unpaired) electrons. The molecule has 1 aromatic heterocycles. The van der Waals surface area contributed by atoms with Crippen molar-refractivity contribution < 1.29 is 0 Å². The highest BCUT2D eigenvalue weighted by molar-refractivity contribution is 6.30. The highest BCUT2D eigenvalue weighted by atomic mass is 35.5. The zero-order valence-corrected chi connectivity index (χ0v) is 10.5. The monoisotopic (exact) mass is 250 g/mol. The van der Waals surface area contributed by atoms with Crippen LogP contribution in [0, 0.1) is 0 Å². The molecule has 0 atom stereocenters. The van der Waals surface area contributed by atoms with E-state index in [2.05, 4.69) is 27.0 Å². The van der Waals surface area contributed by atoms with Gasteiger partial charge in [0, 0.05) is 17.3 Å². The summed E-state index contributed by atoms with van der Waals surface area (Å²) in [5, 5.41) is 12.0. The zero-order valence-electron chi connectivity index (χ0n) is 9.73. The fourth-order valence-corrected chi connectivity index (χ4v) is 1.81. The highest BCUT2D eigenvalue weighted by Gasteiger charge is 2.02. The van der Waals surface area contributed by atoms with E-state index in [1.54, 1.807) is 6.33 Å². The van der Waals surface area contributed by atoms with Crippen LogP contribution in [0.15, 0.2) is 30.6 Å². The van der Waals surface area contributed by atoms with Crippen molar-refractivity contribution in [3.63, 3.8) is 0 Å². The van der Waals surface area contributed by atoms with Crippen molar-refractivity contribution in [2.75, 3.05) is 5.32 Å². The lowest BCUT2D eigenvalue weighted by atomic mass is 10.3. The summed E-state index contributed by atoms with van der Waals surface area (Å²) in [6.07, 6.45) is 2.83. The second-order valence-electron chi connectivity index (χ2n) is 3.80. The summed E-state index contributed by atoms with van der Waals surface area (Å²) in [6.45, 7) is 3.73. The summed E-state index contributed by atoms with van der Waals surface area (Å²) < 4.78 is 2.05. The Bertz CT molecular complexity index is 481. The molecule has 5 heteroatoms. The molecule has 0 unspecified atom stereocenters. The largest absolute Gasteiger partial charge is 0.378 e. The van der Waals surface area contributed by atoms with Crippen molar-refractivity contribution in [3.8, 4) is 0 Å². The third-order valence-corrected chi connectivity index (χ3v) is 2.67. The number of halogens is 1. The first-order valence-corrected chi connectivity index (χ1v) is 6.03. The number of aryl methyl sites for hydroxylation is 1. The molecule has 0 aliphatic heterocycles. The van der Waals surface area contributed by atoms with Crippen LogP contribution in [0.4, 0.5) is 5.69 Å². The average Bonchev–Trinajstić information content (AvgIpc) is 2.75. The van der Waals surface area contributed by atoms with Gasteiger partial charge >= 0.3 is 0 Å². The molecule has 0 aliphatic carbocycles. The molecule has 0 saturated carbocycles. The highest BCUT2D eigenvalue weighted by Crippen LogP contribution is 2.15. The van der Waals surface area contributed by atoms with Crippen molar-refractivity contribution in [2.24, 2.45) is 0 Å². The van der Waals surface area contributed by atoms with Crippen LogP contribution in [0.2, 0.25) is 5.02 Å². The van der Waals surface area contributed by atoms with Crippen molar-refractivity contribution in [1.82, 2.24) is 14.8 Å². The van der Waals surface area contributed by atoms with Crippen LogP contribution in [0.5, 0.6) is 0 Å². The predicted octanol–water partition coefficient (Wildman–Crippen LogP) is 2.95. The van der Waals surface area contributed by atoms with Gasteiger partial charge < -0.3 is 9.88 Å². The molecule has 4 nitrogen and oxygen atoms in total. The first-order valence-electron chi connectivity index (χ1n) is 5.65. The van der Waals surface area contributed by atoms with E-state index in [-0.39, 0.29) is 0 Å². The molecule has 0 aliphatic rings. The van der Waals surface area contributed by atoms with Crippen LogP contribution in [-0.4, -0.2) is 14.8 Å². The van der Waals surface area contributed by atoms with E-state index in [0.29, 0.717) is 6.54 Å². The van der Waals surface area contributed by atoms with Crippen LogP contribution >= 0.6 is 11.6 Å². The molecule has 2 rings (SSSR count). The summed E-state index contributed by atoms with van der Waals surface area (Å²) >= 11 is 5.91. The van der Waals surface area contributed by atoms with Gasteiger partial charge in [0.25, 0.3) is 0 Å². The number of aromatic nitrogens is 3. The average molecular weight is 251 g/mol. The minimum absolute atomic E-state index is 0.653. The van der Waals surface area contributed by atoms with Gasteiger partial charge in [0.15, 0.2) is 5.82 Å². The maximum atomic E-state index is 5.91. The Kier molecular flexibility index (Phi) is 3.98. The Morgan fingerprint density at radius 1 is 1.41 bits per heavy atom. The molecule has 0 saturated heterocycles. The van der Waals surface area contributed by atoms with Crippen LogP contribution in [-0.2, 0) is 13.1 Å². The second kappa shape index (κ2) is 5.68. The number of hydrogen-bond acceptors (Lipinski definition) is 3. The minimum atomic E-state index is 0.653. The molecular formula is C12H15ClN4. The van der Waals surface area contributed by atoms with E-state index >= 15 is 0 Å². The maximum absolute atomic E-state index is 5.91. The quantitative estimate of drug-likeness (QED) is 0.887. The van der Waals surface area contributed by atoms with Gasteiger partial charge in [0.05, 0.1) is 6.54 Å². The molecule has 0 bridgehead atoms. The summed E-state index contributed by atoms with van der Waals surface area (Å²) in [7, 11) is 0. The van der Waals surface area contributed by atoms with Gasteiger partial charge in [-0.25, -0.2) is 0 Å². The maximum Gasteiger partial charge on any atom is 0.152 e. The van der Waals surface area contributed by atoms with Gasteiger partial charge in [-0.3, -0.25) is 0 Å². The van der Waals surface area contributed by atoms with Crippen molar-refractivity contribution in [2.45, 2.75) is 26.4 Å². The van der Waals surface area contributed by atoms with Crippen molar-refractivity contribution in [1.29, 1.82) is 0 Å². The lowest BCUT2D eigenvalue weighted by Gasteiger charge is -2.07. The summed E-state index contributed by atoms with van der Waals surface area (Å²) in [6, 6.07) is 7.64. The van der Waals surface area contributed by atoms with Gasteiger partial charge in [-0.15, -0.1) is 10.2 Å². The van der Waals surface area contributed by atoms with Gasteiger partial charge in [-0.2, -0.15) is 0 Å². The van der Waals surface area contributed by atoms with E-state index in [9.17, 15) is 0 Å². The Labute approximate surface area is 106 Å². The van der Waals surface area contributed by atoms with Crippen LogP contribution in [0.3, 0.4) is 0 Å². The fraction of sp³-hybridized carbons (Fsp3) is 0.333. The SMILES string of the molecule is CCCn1cnnc1CNc1cccc(Cl)c1. The summed E-state index contributed by atoms with van der Waals surface area (Å²) in [4.78, 5) is 0. The van der Waals surface area contributed by atoms with Crippen LogP contribution in [0.1, 0.15) is 19.2 Å². The molecule has 0 spiro atoms. The normalized spacial score (nSPS) is 10.5. The molecule has 17 heavy (non-hydrogen) atoms. The number of nitrogens with one attached hydrogen (secondary N) is 1. The Morgan fingerprint density at radius 2 is 2.29 bits per heavy atom. The summed E-state index contributed by atoms with van der Waals surface area (Å²) in [5.74, 6) is 0.937. The third kappa shape index (κ3) is 3.20. The van der Waals surface area contributed by atoms with Crippen LogP contribution in [0.25, 0.3) is 0 Å². The molecule has 0 amide bonds. The van der Waals surface area contributed by atoms with Crippen molar-refractivity contribution >= 4 is 17.3 Å². The molecule has 1 aromatic carbocycles. The number of rotatable bonds is 5. The van der Waals surface area contributed by atoms with Crippen molar-refractivity contribution in [3.05, 3.63) is 41.4 Å². The van der Waals surface area contributed by atoms with E-state index in [1.807, 2.05) is 24.3 Å². The Morgan fingerprint density at radius 3 is 3.06 bits per heavy atom. The molecule has 1 heterocycles. The topological polar surface area (TPSA) is 42.7 Å². The van der Waals surface area contributed by atoms with E-state index in [1.165, 1.54) is 0 Å². The minimum Gasteiger partial charge on any atom is -0.378 e. The molecule has 90 valence electrons. The number of nitrogens with zero attached hydrogens (tertiary/aromatic N) is 3. The number of hydrogen-bond donors (Lipinski definition) is 1. The van der Waals surface area contributed by atoms with Gasteiger partial charge in [-0.05, 0) is 24.6 Å². The van der Waals surface area contributed by atoms with E-state index in [4.69, 9.17) is 11.6 Å². The lowest BCUT2D eigenvalue weighted by Crippen LogP contribution is -2.08. The fourth-order valence-electron chi connectivity index (χ4n) is 1.62. The van der Waals surface area contributed by atoms with E-state index in [0.717, 1.165) is 29.5 Å².